The first-order valence-electron chi connectivity index (χ1n) is 11.1. The van der Waals surface area contributed by atoms with Gasteiger partial charge in [-0.15, -0.1) is 0 Å². The van der Waals surface area contributed by atoms with Crippen molar-refractivity contribution in [3.8, 4) is 0 Å². The molecule has 1 aliphatic heterocycles. The fraction of sp³-hybridized carbons (Fsp3) is 0.320. The summed E-state index contributed by atoms with van der Waals surface area (Å²) in [4.78, 5) is 13.1. The standard InChI is InChI=1S/C25H27N3O3S/c29-25(27-21-9-8-17-4-1-2-5-18(17)14-21)24-16-23(24)19-6-3-7-22(15-19)32(30,31)28-20-10-12-26-13-11-20/h1-9,14-15,20,23-24,26,28H,10-13,16H2,(H,27,29)/t23-,24+/m0/s1. The fourth-order valence-electron chi connectivity index (χ4n) is 4.49. The van der Waals surface area contributed by atoms with Crippen LogP contribution in [0, 0.1) is 5.92 Å². The maximum atomic E-state index is 12.8. The Morgan fingerprint density at radius 3 is 2.50 bits per heavy atom. The summed E-state index contributed by atoms with van der Waals surface area (Å²) < 4.78 is 28.5. The molecule has 1 saturated heterocycles. The monoisotopic (exact) mass is 449 g/mol. The van der Waals surface area contributed by atoms with Crippen LogP contribution >= 0.6 is 0 Å². The molecule has 0 unspecified atom stereocenters. The largest absolute Gasteiger partial charge is 0.326 e. The topological polar surface area (TPSA) is 87.3 Å². The fourth-order valence-corrected chi connectivity index (χ4v) is 5.85. The normalized spacial score (nSPS) is 21.4. The van der Waals surface area contributed by atoms with Crippen molar-refractivity contribution in [2.45, 2.75) is 36.1 Å². The molecule has 5 rings (SSSR count). The summed E-state index contributed by atoms with van der Waals surface area (Å²) in [5.41, 5.74) is 1.68. The van der Waals surface area contributed by atoms with Gasteiger partial charge in [-0.3, -0.25) is 4.79 Å². The third kappa shape index (κ3) is 4.55. The van der Waals surface area contributed by atoms with Crippen LogP contribution in [0.4, 0.5) is 5.69 Å². The highest BCUT2D eigenvalue weighted by molar-refractivity contribution is 7.89. The maximum absolute atomic E-state index is 12.8. The Kier molecular flexibility index (Phi) is 5.71. The molecule has 0 radical (unpaired) electrons. The molecule has 3 aromatic carbocycles. The molecule has 32 heavy (non-hydrogen) atoms. The van der Waals surface area contributed by atoms with Gasteiger partial charge in [-0.25, -0.2) is 13.1 Å². The zero-order chi connectivity index (χ0) is 22.1. The number of rotatable bonds is 6. The van der Waals surface area contributed by atoms with Gasteiger partial charge in [-0.1, -0.05) is 42.5 Å². The molecule has 166 valence electrons. The van der Waals surface area contributed by atoms with E-state index in [9.17, 15) is 13.2 Å². The van der Waals surface area contributed by atoms with Crippen molar-refractivity contribution < 1.29 is 13.2 Å². The van der Waals surface area contributed by atoms with Crippen molar-refractivity contribution in [3.05, 3.63) is 72.3 Å². The Hall–Kier alpha value is -2.74. The van der Waals surface area contributed by atoms with E-state index in [0.717, 1.165) is 54.4 Å². The van der Waals surface area contributed by atoms with E-state index >= 15 is 0 Å². The number of hydrogen-bond donors (Lipinski definition) is 3. The molecule has 6 nitrogen and oxygen atoms in total. The summed E-state index contributed by atoms with van der Waals surface area (Å²) in [6.07, 6.45) is 2.31. The van der Waals surface area contributed by atoms with Crippen LogP contribution in [0.15, 0.2) is 71.6 Å². The minimum Gasteiger partial charge on any atom is -0.326 e. The number of nitrogens with one attached hydrogen (secondary N) is 3. The van der Waals surface area contributed by atoms with Gasteiger partial charge in [0, 0.05) is 17.6 Å². The number of anilines is 1. The predicted molar refractivity (Wildman–Crippen MR) is 126 cm³/mol. The van der Waals surface area contributed by atoms with E-state index in [1.165, 1.54) is 0 Å². The van der Waals surface area contributed by atoms with E-state index in [4.69, 9.17) is 0 Å². The number of piperidine rings is 1. The zero-order valence-electron chi connectivity index (χ0n) is 17.8. The number of benzene rings is 3. The summed E-state index contributed by atoms with van der Waals surface area (Å²) in [5.74, 6) is -0.118. The molecular formula is C25H27N3O3S. The number of sulfonamides is 1. The Labute approximate surface area is 188 Å². The van der Waals surface area contributed by atoms with Gasteiger partial charge >= 0.3 is 0 Å². The molecule has 0 bridgehead atoms. The van der Waals surface area contributed by atoms with E-state index < -0.39 is 10.0 Å². The summed E-state index contributed by atoms with van der Waals surface area (Å²) in [6, 6.07) is 20.9. The van der Waals surface area contributed by atoms with Gasteiger partial charge in [0.15, 0.2) is 0 Å². The number of hydrogen-bond acceptors (Lipinski definition) is 4. The lowest BCUT2D eigenvalue weighted by atomic mass is 10.1. The zero-order valence-corrected chi connectivity index (χ0v) is 18.6. The predicted octanol–water partition coefficient (Wildman–Crippen LogP) is 3.61. The highest BCUT2D eigenvalue weighted by Gasteiger charge is 2.44. The van der Waals surface area contributed by atoms with Crippen molar-refractivity contribution in [2.24, 2.45) is 5.92 Å². The van der Waals surface area contributed by atoms with Crippen LogP contribution in [-0.4, -0.2) is 33.5 Å². The minimum absolute atomic E-state index is 0.0219. The van der Waals surface area contributed by atoms with Gasteiger partial charge in [0.1, 0.15) is 0 Å². The Morgan fingerprint density at radius 2 is 1.69 bits per heavy atom. The molecule has 7 heteroatoms. The van der Waals surface area contributed by atoms with Crippen LogP contribution in [0.3, 0.4) is 0 Å². The molecule has 0 spiro atoms. The average molecular weight is 450 g/mol. The summed E-state index contributed by atoms with van der Waals surface area (Å²) >= 11 is 0. The van der Waals surface area contributed by atoms with Crippen molar-refractivity contribution in [1.82, 2.24) is 10.0 Å². The van der Waals surface area contributed by atoms with Gasteiger partial charge in [-0.2, -0.15) is 0 Å². The molecular weight excluding hydrogens is 422 g/mol. The van der Waals surface area contributed by atoms with Crippen LogP contribution in [-0.2, 0) is 14.8 Å². The lowest BCUT2D eigenvalue weighted by Gasteiger charge is -2.23. The lowest BCUT2D eigenvalue weighted by Crippen LogP contribution is -2.42. The molecule has 2 atom stereocenters. The molecule has 2 fully saturated rings. The van der Waals surface area contributed by atoms with E-state index in [1.54, 1.807) is 18.2 Å². The van der Waals surface area contributed by atoms with E-state index in [0.29, 0.717) is 0 Å². The molecule has 3 N–H and O–H groups in total. The lowest BCUT2D eigenvalue weighted by molar-refractivity contribution is -0.117. The third-order valence-electron chi connectivity index (χ3n) is 6.40. The Morgan fingerprint density at radius 1 is 0.906 bits per heavy atom. The smallest absolute Gasteiger partial charge is 0.240 e. The molecule has 1 amide bonds. The van der Waals surface area contributed by atoms with Crippen molar-refractivity contribution >= 4 is 32.4 Å². The molecule has 1 aliphatic carbocycles. The van der Waals surface area contributed by atoms with Gasteiger partial charge in [0.05, 0.1) is 4.90 Å². The Balaban J connectivity index is 1.25. The molecule has 1 heterocycles. The van der Waals surface area contributed by atoms with Gasteiger partial charge < -0.3 is 10.6 Å². The maximum Gasteiger partial charge on any atom is 0.240 e. The van der Waals surface area contributed by atoms with Gasteiger partial charge in [-0.05, 0) is 78.9 Å². The summed E-state index contributed by atoms with van der Waals surface area (Å²) in [6.45, 7) is 1.65. The summed E-state index contributed by atoms with van der Waals surface area (Å²) in [5, 5.41) is 8.47. The van der Waals surface area contributed by atoms with Crippen LogP contribution in [0.5, 0.6) is 0 Å². The van der Waals surface area contributed by atoms with Gasteiger partial charge in [0.2, 0.25) is 15.9 Å². The molecule has 1 saturated carbocycles. The van der Waals surface area contributed by atoms with Crippen LogP contribution < -0.4 is 15.4 Å². The minimum atomic E-state index is -3.57. The van der Waals surface area contributed by atoms with E-state index in [1.807, 2.05) is 48.5 Å². The quantitative estimate of drug-likeness (QED) is 0.537. The second-order valence-corrected chi connectivity index (χ2v) is 10.4. The average Bonchev–Trinajstić information content (AvgIpc) is 3.61. The number of carbonyl (C=O) groups excluding carboxylic acids is 1. The van der Waals surface area contributed by atoms with Crippen LogP contribution in [0.2, 0.25) is 0 Å². The first-order valence-corrected chi connectivity index (χ1v) is 12.6. The number of carbonyl (C=O) groups is 1. The first kappa shape index (κ1) is 21.1. The van der Waals surface area contributed by atoms with Crippen molar-refractivity contribution in [1.29, 1.82) is 0 Å². The molecule has 0 aromatic heterocycles. The summed E-state index contributed by atoms with van der Waals surface area (Å²) in [7, 11) is -3.57. The molecule has 3 aromatic rings. The Bertz CT molecular complexity index is 1250. The van der Waals surface area contributed by atoms with Gasteiger partial charge in [0.25, 0.3) is 0 Å². The molecule has 2 aliphatic rings. The van der Waals surface area contributed by atoms with E-state index in [-0.39, 0.29) is 28.7 Å². The van der Waals surface area contributed by atoms with Crippen molar-refractivity contribution in [3.63, 3.8) is 0 Å². The first-order chi connectivity index (χ1) is 15.5. The number of fused-ring (bicyclic) bond motifs is 1. The SMILES string of the molecule is O=C(Nc1ccc2ccccc2c1)[C@@H]1C[C@H]1c1cccc(S(=O)(=O)NC2CCNCC2)c1. The highest BCUT2D eigenvalue weighted by atomic mass is 32.2. The van der Waals surface area contributed by atoms with E-state index in [2.05, 4.69) is 15.4 Å². The number of amides is 1. The third-order valence-corrected chi connectivity index (χ3v) is 7.92. The van der Waals surface area contributed by atoms with Crippen molar-refractivity contribution in [2.75, 3.05) is 18.4 Å². The van der Waals surface area contributed by atoms with Crippen LogP contribution in [0.1, 0.15) is 30.7 Å². The van der Waals surface area contributed by atoms with Crippen LogP contribution in [0.25, 0.3) is 10.8 Å². The second-order valence-electron chi connectivity index (χ2n) is 8.72. The highest BCUT2D eigenvalue weighted by Crippen LogP contribution is 2.48. The second kappa shape index (κ2) is 8.65.